The molecule has 1 aliphatic heterocycles. The number of para-hydroxylation sites is 1. The monoisotopic (exact) mass is 427 g/mol. The number of imide groups is 1. The number of nitrogens with zero attached hydrogens (tertiary/aromatic N) is 2. The van der Waals surface area contributed by atoms with Gasteiger partial charge in [0.05, 0.1) is 18.2 Å². The third kappa shape index (κ3) is 4.35. The van der Waals surface area contributed by atoms with Gasteiger partial charge in [-0.25, -0.2) is 9.18 Å². The maximum Gasteiger partial charge on any atom is 0.329 e. The number of benzene rings is 3. The van der Waals surface area contributed by atoms with Gasteiger partial charge in [-0.2, -0.15) is 5.26 Å². The Morgan fingerprint density at radius 3 is 2.44 bits per heavy atom. The molecule has 0 radical (unpaired) electrons. The van der Waals surface area contributed by atoms with Crippen LogP contribution in [0.1, 0.15) is 22.3 Å². The highest BCUT2D eigenvalue weighted by atomic mass is 19.1. The van der Waals surface area contributed by atoms with Crippen molar-refractivity contribution in [3.05, 3.63) is 107 Å². The molecule has 7 heteroatoms. The summed E-state index contributed by atoms with van der Waals surface area (Å²) in [7, 11) is 0. The fourth-order valence-electron chi connectivity index (χ4n) is 3.31. The second kappa shape index (κ2) is 9.14. The molecule has 0 unspecified atom stereocenters. The number of nitriles is 1. The van der Waals surface area contributed by atoms with Gasteiger partial charge in [0.1, 0.15) is 23.9 Å². The lowest BCUT2D eigenvalue weighted by Crippen LogP contribution is -2.30. The number of urea groups is 1. The topological polar surface area (TPSA) is 82.4 Å². The molecule has 1 heterocycles. The van der Waals surface area contributed by atoms with Crippen LogP contribution < -0.4 is 10.1 Å². The largest absolute Gasteiger partial charge is 0.488 e. The van der Waals surface area contributed by atoms with E-state index in [1.807, 2.05) is 6.07 Å². The molecule has 1 N–H and O–H groups in total. The minimum Gasteiger partial charge on any atom is -0.488 e. The van der Waals surface area contributed by atoms with Gasteiger partial charge in [0.25, 0.3) is 5.91 Å². The summed E-state index contributed by atoms with van der Waals surface area (Å²) in [5.41, 5.74) is 2.15. The van der Waals surface area contributed by atoms with Crippen LogP contribution in [0.4, 0.5) is 9.18 Å². The molecule has 1 saturated heterocycles. The van der Waals surface area contributed by atoms with Gasteiger partial charge in [0.2, 0.25) is 0 Å². The number of rotatable bonds is 6. The van der Waals surface area contributed by atoms with Gasteiger partial charge < -0.3 is 10.1 Å². The number of carbonyl (C=O) groups is 2. The van der Waals surface area contributed by atoms with E-state index >= 15 is 0 Å². The molecule has 3 amide bonds. The van der Waals surface area contributed by atoms with E-state index in [9.17, 15) is 19.2 Å². The number of ether oxygens (including phenoxy) is 1. The minimum absolute atomic E-state index is 0.0693. The lowest BCUT2D eigenvalue weighted by molar-refractivity contribution is -0.123. The third-order valence-electron chi connectivity index (χ3n) is 4.99. The molecule has 3 aromatic carbocycles. The number of amides is 3. The zero-order valence-electron chi connectivity index (χ0n) is 16.9. The Kier molecular flexibility index (Phi) is 5.95. The van der Waals surface area contributed by atoms with Crippen molar-refractivity contribution in [3.8, 4) is 11.8 Å². The van der Waals surface area contributed by atoms with Gasteiger partial charge in [0, 0.05) is 16.7 Å². The summed E-state index contributed by atoms with van der Waals surface area (Å²) >= 11 is 0. The van der Waals surface area contributed by atoms with Gasteiger partial charge in [-0.05, 0) is 24.3 Å². The van der Waals surface area contributed by atoms with Crippen molar-refractivity contribution in [1.82, 2.24) is 10.2 Å². The van der Waals surface area contributed by atoms with Crippen LogP contribution in [0.3, 0.4) is 0 Å². The molecule has 0 spiro atoms. The standard InChI is InChI=1S/C25H18FN3O3/c26-21-11-5-3-9-19(21)15-29-24(30)22(28-25(29)31)13-17-7-4-6-12-23(17)32-16-20-10-2-1-8-18(20)14-27/h1-13H,15-16H2,(H,28,31)/b22-13+. The van der Waals surface area contributed by atoms with Crippen molar-refractivity contribution in [3.63, 3.8) is 0 Å². The van der Waals surface area contributed by atoms with Crippen LogP contribution in [0.25, 0.3) is 6.08 Å². The van der Waals surface area contributed by atoms with Crippen LogP contribution in [0.5, 0.6) is 5.75 Å². The Morgan fingerprint density at radius 2 is 1.66 bits per heavy atom. The zero-order chi connectivity index (χ0) is 22.5. The Bertz CT molecular complexity index is 1260. The van der Waals surface area contributed by atoms with Crippen molar-refractivity contribution < 1.29 is 18.7 Å². The summed E-state index contributed by atoms with van der Waals surface area (Å²) in [6, 6.07) is 21.7. The maximum absolute atomic E-state index is 14.0. The molecule has 0 atom stereocenters. The molecule has 0 saturated carbocycles. The van der Waals surface area contributed by atoms with Crippen LogP contribution in [0, 0.1) is 17.1 Å². The quantitative estimate of drug-likeness (QED) is 0.468. The normalized spacial score (nSPS) is 14.4. The Morgan fingerprint density at radius 1 is 0.969 bits per heavy atom. The lowest BCUT2D eigenvalue weighted by atomic mass is 10.1. The van der Waals surface area contributed by atoms with Gasteiger partial charge >= 0.3 is 6.03 Å². The van der Waals surface area contributed by atoms with E-state index < -0.39 is 17.8 Å². The van der Waals surface area contributed by atoms with Crippen molar-refractivity contribution in [2.24, 2.45) is 0 Å². The highest BCUT2D eigenvalue weighted by Crippen LogP contribution is 2.25. The van der Waals surface area contributed by atoms with Crippen LogP contribution in [-0.4, -0.2) is 16.8 Å². The SMILES string of the molecule is N#Cc1ccccc1COc1ccccc1/C=C1/NC(=O)N(Cc2ccccc2F)C1=O. The fourth-order valence-corrected chi connectivity index (χ4v) is 3.31. The molecule has 32 heavy (non-hydrogen) atoms. The van der Waals surface area contributed by atoms with Crippen molar-refractivity contribution in [2.75, 3.05) is 0 Å². The summed E-state index contributed by atoms with van der Waals surface area (Å²) < 4.78 is 19.8. The van der Waals surface area contributed by atoms with Crippen molar-refractivity contribution >= 4 is 18.0 Å². The molecule has 6 nitrogen and oxygen atoms in total. The van der Waals surface area contributed by atoms with E-state index in [1.165, 1.54) is 18.2 Å². The molecule has 1 aliphatic rings. The first kappa shape index (κ1) is 20.8. The first-order chi connectivity index (χ1) is 15.6. The molecule has 0 bridgehead atoms. The summed E-state index contributed by atoms with van der Waals surface area (Å²) in [6.07, 6.45) is 1.52. The average molecular weight is 427 g/mol. The van der Waals surface area contributed by atoms with Crippen LogP contribution in [-0.2, 0) is 17.9 Å². The molecule has 3 aromatic rings. The van der Waals surface area contributed by atoms with E-state index in [0.717, 1.165) is 10.5 Å². The molecule has 1 fully saturated rings. The zero-order valence-corrected chi connectivity index (χ0v) is 16.9. The van der Waals surface area contributed by atoms with Crippen LogP contribution in [0.15, 0.2) is 78.5 Å². The van der Waals surface area contributed by atoms with E-state index in [2.05, 4.69) is 11.4 Å². The van der Waals surface area contributed by atoms with Crippen molar-refractivity contribution in [1.29, 1.82) is 5.26 Å². The predicted octanol–water partition coefficient (Wildman–Crippen LogP) is 4.37. The van der Waals surface area contributed by atoms with Gasteiger partial charge in [-0.1, -0.05) is 54.6 Å². The second-order valence-electron chi connectivity index (χ2n) is 7.07. The molecular formula is C25H18FN3O3. The summed E-state index contributed by atoms with van der Waals surface area (Å²) in [5.74, 6) is -0.549. The maximum atomic E-state index is 14.0. The van der Waals surface area contributed by atoms with Crippen molar-refractivity contribution in [2.45, 2.75) is 13.2 Å². The van der Waals surface area contributed by atoms with E-state index in [0.29, 0.717) is 16.9 Å². The molecular weight excluding hydrogens is 409 g/mol. The number of nitrogens with one attached hydrogen (secondary N) is 1. The Balaban J connectivity index is 1.54. The highest BCUT2D eigenvalue weighted by Gasteiger charge is 2.34. The number of hydrogen-bond acceptors (Lipinski definition) is 4. The highest BCUT2D eigenvalue weighted by molar-refractivity contribution is 6.14. The smallest absolute Gasteiger partial charge is 0.329 e. The van der Waals surface area contributed by atoms with Crippen LogP contribution in [0.2, 0.25) is 0 Å². The van der Waals surface area contributed by atoms with E-state index in [-0.39, 0.29) is 24.4 Å². The predicted molar refractivity (Wildman–Crippen MR) is 115 cm³/mol. The van der Waals surface area contributed by atoms with Crippen LogP contribution >= 0.6 is 0 Å². The number of hydrogen-bond donors (Lipinski definition) is 1. The molecule has 4 rings (SSSR count). The summed E-state index contributed by atoms with van der Waals surface area (Å²) in [6.45, 7) is 0.00139. The summed E-state index contributed by atoms with van der Waals surface area (Å²) in [4.78, 5) is 26.1. The first-order valence-electron chi connectivity index (χ1n) is 9.84. The molecule has 0 aliphatic carbocycles. The average Bonchev–Trinajstić information content (AvgIpc) is 3.07. The Labute approximate surface area is 184 Å². The van der Waals surface area contributed by atoms with Gasteiger partial charge in [0.15, 0.2) is 0 Å². The second-order valence-corrected chi connectivity index (χ2v) is 7.07. The Hall–Kier alpha value is -4.44. The molecule has 0 aromatic heterocycles. The van der Waals surface area contributed by atoms with Gasteiger partial charge in [-0.15, -0.1) is 0 Å². The van der Waals surface area contributed by atoms with E-state index in [1.54, 1.807) is 54.6 Å². The molecule has 158 valence electrons. The number of halogens is 1. The lowest BCUT2D eigenvalue weighted by Gasteiger charge is -2.12. The number of carbonyl (C=O) groups excluding carboxylic acids is 2. The summed E-state index contributed by atoms with van der Waals surface area (Å²) in [5, 5.41) is 11.8. The third-order valence-corrected chi connectivity index (χ3v) is 4.99. The van der Waals surface area contributed by atoms with Gasteiger partial charge in [-0.3, -0.25) is 9.69 Å². The van der Waals surface area contributed by atoms with E-state index in [4.69, 9.17) is 4.74 Å². The fraction of sp³-hybridized carbons (Fsp3) is 0.0800. The first-order valence-corrected chi connectivity index (χ1v) is 9.84. The minimum atomic E-state index is -0.620.